The number of nitriles is 1. The molecule has 1 aromatic carbocycles. The first-order valence-electron chi connectivity index (χ1n) is 10.3. The minimum Gasteiger partial charge on any atom is -0.315 e. The highest BCUT2D eigenvalue weighted by atomic mass is 32.1. The first-order chi connectivity index (χ1) is 14.8. The van der Waals surface area contributed by atoms with Gasteiger partial charge in [-0.1, -0.05) is 42.8 Å². The second-order valence-corrected chi connectivity index (χ2v) is 8.51. The van der Waals surface area contributed by atoms with Crippen molar-refractivity contribution < 1.29 is 4.79 Å². The number of aromatic nitrogens is 1. The molecule has 30 heavy (non-hydrogen) atoms. The lowest BCUT2D eigenvalue weighted by Crippen LogP contribution is -2.32. The zero-order valence-electron chi connectivity index (χ0n) is 16.7. The molecule has 0 saturated carbocycles. The quantitative estimate of drug-likeness (QED) is 0.576. The maximum atomic E-state index is 12.7. The zero-order valence-corrected chi connectivity index (χ0v) is 17.5. The molecule has 5 nitrogen and oxygen atoms in total. The smallest absolute Gasteiger partial charge is 0.238 e. The Kier molecular flexibility index (Phi) is 6.53. The molecule has 0 bridgehead atoms. The van der Waals surface area contributed by atoms with Gasteiger partial charge in [0.2, 0.25) is 5.91 Å². The Morgan fingerprint density at radius 2 is 1.90 bits per heavy atom. The molecule has 2 N–H and O–H groups in total. The minimum atomic E-state index is -0.186. The summed E-state index contributed by atoms with van der Waals surface area (Å²) >= 11 is 1.56. The number of anilines is 1. The van der Waals surface area contributed by atoms with Crippen molar-refractivity contribution in [2.75, 3.05) is 11.9 Å². The van der Waals surface area contributed by atoms with Crippen LogP contribution in [0.3, 0.4) is 0 Å². The summed E-state index contributed by atoms with van der Waals surface area (Å²) in [7, 11) is 0. The Labute approximate surface area is 180 Å². The molecule has 3 aromatic rings. The maximum Gasteiger partial charge on any atom is 0.238 e. The molecular weight excluding hydrogens is 392 g/mol. The van der Waals surface area contributed by atoms with Crippen LogP contribution in [0.25, 0.3) is 0 Å². The molecule has 0 aliphatic heterocycles. The van der Waals surface area contributed by atoms with Crippen molar-refractivity contribution in [3.63, 3.8) is 0 Å². The molecule has 1 aliphatic rings. The fraction of sp³-hybridized carbons (Fsp3) is 0.292. The molecule has 1 atom stereocenters. The number of thiophene rings is 1. The van der Waals surface area contributed by atoms with Crippen molar-refractivity contribution in [1.82, 2.24) is 10.3 Å². The number of carbonyl (C=O) groups excluding carboxylic acids is 1. The number of nitrogens with one attached hydrogen (secondary N) is 2. The number of pyridine rings is 1. The van der Waals surface area contributed by atoms with E-state index in [1.807, 2.05) is 48.5 Å². The number of carbonyl (C=O) groups is 1. The van der Waals surface area contributed by atoms with Crippen molar-refractivity contribution in [3.05, 3.63) is 82.0 Å². The Balaban J connectivity index is 1.48. The largest absolute Gasteiger partial charge is 0.315 e. The third kappa shape index (κ3) is 4.59. The fourth-order valence-corrected chi connectivity index (χ4v) is 5.16. The second-order valence-electron chi connectivity index (χ2n) is 7.41. The van der Waals surface area contributed by atoms with Crippen molar-refractivity contribution in [1.29, 1.82) is 5.26 Å². The van der Waals surface area contributed by atoms with Gasteiger partial charge in [0.05, 0.1) is 23.8 Å². The van der Waals surface area contributed by atoms with Crippen LogP contribution in [0.2, 0.25) is 0 Å². The normalized spacial score (nSPS) is 14.2. The number of benzene rings is 1. The van der Waals surface area contributed by atoms with E-state index < -0.39 is 0 Å². The molecule has 0 radical (unpaired) electrons. The Morgan fingerprint density at radius 3 is 2.67 bits per heavy atom. The van der Waals surface area contributed by atoms with Crippen LogP contribution in [-0.4, -0.2) is 17.4 Å². The fourth-order valence-electron chi connectivity index (χ4n) is 3.90. The zero-order chi connectivity index (χ0) is 20.8. The summed E-state index contributed by atoms with van der Waals surface area (Å²) < 4.78 is 0. The van der Waals surface area contributed by atoms with Gasteiger partial charge in [0.15, 0.2) is 0 Å². The molecule has 0 fully saturated rings. The van der Waals surface area contributed by atoms with Gasteiger partial charge < -0.3 is 5.32 Å². The third-order valence-electron chi connectivity index (χ3n) is 5.37. The van der Waals surface area contributed by atoms with Crippen LogP contribution in [0.15, 0.2) is 54.7 Å². The summed E-state index contributed by atoms with van der Waals surface area (Å²) in [5, 5.41) is 16.7. The number of hydrogen-bond donors (Lipinski definition) is 2. The summed E-state index contributed by atoms with van der Waals surface area (Å²) in [4.78, 5) is 18.4. The maximum absolute atomic E-state index is 12.7. The Morgan fingerprint density at radius 1 is 1.10 bits per heavy atom. The van der Waals surface area contributed by atoms with Crippen LogP contribution in [0.5, 0.6) is 0 Å². The lowest BCUT2D eigenvalue weighted by Gasteiger charge is -2.18. The average molecular weight is 417 g/mol. The number of fused-ring (bicyclic) bond motifs is 1. The summed E-state index contributed by atoms with van der Waals surface area (Å²) in [5.74, 6) is -0.153. The summed E-state index contributed by atoms with van der Waals surface area (Å²) in [6.07, 6.45) is 7.14. The minimum absolute atomic E-state index is 0.129. The Bertz CT molecular complexity index is 1000. The van der Waals surface area contributed by atoms with E-state index in [1.54, 1.807) is 17.5 Å². The standard InChI is InChI=1S/C24H24N4OS/c25-15-19-18-11-5-2-6-13-21(18)30-24(19)28-22(29)16-27-23(17-9-3-1-4-10-17)20-12-7-8-14-26-20/h1,3-4,7-10,12,14,23,27H,2,5-6,11,13,16H2,(H,28,29). The van der Waals surface area contributed by atoms with Crippen LogP contribution < -0.4 is 10.6 Å². The average Bonchev–Trinajstić information content (AvgIpc) is 2.94. The van der Waals surface area contributed by atoms with E-state index >= 15 is 0 Å². The van der Waals surface area contributed by atoms with Gasteiger partial charge in [-0.2, -0.15) is 5.26 Å². The van der Waals surface area contributed by atoms with E-state index in [0.717, 1.165) is 42.5 Å². The van der Waals surface area contributed by atoms with Crippen LogP contribution in [0.1, 0.15) is 52.6 Å². The van der Waals surface area contributed by atoms with Gasteiger partial charge >= 0.3 is 0 Å². The highest BCUT2D eigenvalue weighted by molar-refractivity contribution is 7.16. The van der Waals surface area contributed by atoms with Crippen molar-refractivity contribution in [3.8, 4) is 6.07 Å². The van der Waals surface area contributed by atoms with E-state index in [2.05, 4.69) is 21.7 Å². The monoisotopic (exact) mass is 416 g/mol. The molecule has 1 aliphatic carbocycles. The predicted octanol–water partition coefficient (Wildman–Crippen LogP) is 4.60. The molecule has 2 heterocycles. The van der Waals surface area contributed by atoms with Gasteiger partial charge in [0.1, 0.15) is 11.1 Å². The number of nitrogens with zero attached hydrogens (tertiary/aromatic N) is 2. The third-order valence-corrected chi connectivity index (χ3v) is 6.58. The number of hydrogen-bond acceptors (Lipinski definition) is 5. The lowest BCUT2D eigenvalue weighted by atomic mass is 10.0. The predicted molar refractivity (Wildman–Crippen MR) is 119 cm³/mol. The molecular formula is C24H24N4OS. The summed E-state index contributed by atoms with van der Waals surface area (Å²) in [5.41, 5.74) is 3.69. The van der Waals surface area contributed by atoms with E-state index in [9.17, 15) is 10.1 Å². The molecule has 152 valence electrons. The first-order valence-corrected chi connectivity index (χ1v) is 11.1. The molecule has 1 amide bonds. The number of amides is 1. The highest BCUT2D eigenvalue weighted by Crippen LogP contribution is 2.36. The van der Waals surface area contributed by atoms with Gasteiger partial charge in [0, 0.05) is 11.1 Å². The van der Waals surface area contributed by atoms with Crippen LogP contribution in [0.4, 0.5) is 5.00 Å². The van der Waals surface area contributed by atoms with Crippen LogP contribution >= 0.6 is 11.3 Å². The molecule has 1 unspecified atom stereocenters. The van der Waals surface area contributed by atoms with Gasteiger partial charge in [-0.05, 0) is 48.9 Å². The summed E-state index contributed by atoms with van der Waals surface area (Å²) in [6.45, 7) is 0.129. The Hall–Kier alpha value is -3.01. The van der Waals surface area contributed by atoms with E-state index in [-0.39, 0.29) is 18.5 Å². The topological polar surface area (TPSA) is 77.8 Å². The van der Waals surface area contributed by atoms with E-state index in [4.69, 9.17) is 0 Å². The van der Waals surface area contributed by atoms with Crippen molar-refractivity contribution >= 4 is 22.2 Å². The highest BCUT2D eigenvalue weighted by Gasteiger charge is 2.22. The van der Waals surface area contributed by atoms with E-state index in [1.165, 1.54) is 11.3 Å². The molecule has 4 rings (SSSR count). The number of aryl methyl sites for hydroxylation is 1. The molecule has 0 saturated heterocycles. The van der Waals surface area contributed by atoms with Gasteiger partial charge in [0.25, 0.3) is 0 Å². The number of rotatable bonds is 6. The van der Waals surface area contributed by atoms with Crippen molar-refractivity contribution in [2.45, 2.75) is 38.1 Å². The SMILES string of the molecule is N#Cc1c(NC(=O)CNC(c2ccccc2)c2ccccn2)sc2c1CCCCC2. The molecule has 2 aromatic heterocycles. The van der Waals surface area contributed by atoms with Gasteiger partial charge in [-0.25, -0.2) is 0 Å². The van der Waals surface area contributed by atoms with Crippen molar-refractivity contribution in [2.24, 2.45) is 0 Å². The van der Waals surface area contributed by atoms with E-state index in [0.29, 0.717) is 10.6 Å². The van der Waals surface area contributed by atoms with Crippen LogP contribution in [0, 0.1) is 11.3 Å². The second kappa shape index (κ2) is 9.66. The lowest BCUT2D eigenvalue weighted by molar-refractivity contribution is -0.115. The molecule has 6 heteroatoms. The first kappa shape index (κ1) is 20.3. The molecule has 0 spiro atoms. The summed E-state index contributed by atoms with van der Waals surface area (Å²) in [6, 6.07) is 17.9. The van der Waals surface area contributed by atoms with Gasteiger partial charge in [-0.15, -0.1) is 11.3 Å². The van der Waals surface area contributed by atoms with Crippen LogP contribution in [-0.2, 0) is 17.6 Å². The van der Waals surface area contributed by atoms with Gasteiger partial charge in [-0.3, -0.25) is 15.1 Å².